The van der Waals surface area contributed by atoms with Crippen molar-refractivity contribution in [2.75, 3.05) is 0 Å². The summed E-state index contributed by atoms with van der Waals surface area (Å²) in [5.74, 6) is -0.0370. The Morgan fingerprint density at radius 2 is 1.88 bits per heavy atom. The number of aryl methyl sites for hydroxylation is 2. The average molecular weight is 319 g/mol. The quantitative estimate of drug-likeness (QED) is 0.782. The first-order valence-corrected chi connectivity index (χ1v) is 8.03. The van der Waals surface area contributed by atoms with Crippen LogP contribution in [-0.4, -0.2) is 15.7 Å². The van der Waals surface area contributed by atoms with Crippen molar-refractivity contribution in [1.82, 2.24) is 15.1 Å². The zero-order valence-corrected chi connectivity index (χ0v) is 14.0. The summed E-state index contributed by atoms with van der Waals surface area (Å²) in [5.41, 5.74) is 5.07. The lowest BCUT2D eigenvalue weighted by molar-refractivity contribution is 0.0950. The van der Waals surface area contributed by atoms with Gasteiger partial charge in [0.05, 0.1) is 6.54 Å². The van der Waals surface area contributed by atoms with Crippen molar-refractivity contribution in [3.05, 3.63) is 88.7 Å². The topological polar surface area (TPSA) is 46.9 Å². The molecular weight excluding hydrogens is 298 g/mol. The molecule has 1 N–H and O–H groups in total. The lowest BCUT2D eigenvalue weighted by Crippen LogP contribution is -2.24. The molecule has 0 aliphatic carbocycles. The van der Waals surface area contributed by atoms with Crippen LogP contribution < -0.4 is 5.32 Å². The Hall–Kier alpha value is -2.88. The summed E-state index contributed by atoms with van der Waals surface area (Å²) in [6.45, 7) is 5.15. The second-order valence-corrected chi connectivity index (χ2v) is 5.97. The highest BCUT2D eigenvalue weighted by atomic mass is 16.1. The molecule has 1 heterocycles. The third-order valence-corrected chi connectivity index (χ3v) is 4.09. The van der Waals surface area contributed by atoms with Crippen molar-refractivity contribution in [2.24, 2.45) is 0 Å². The molecule has 0 fully saturated rings. The minimum Gasteiger partial charge on any atom is -0.348 e. The third-order valence-electron chi connectivity index (χ3n) is 4.09. The number of carbonyl (C=O) groups excluding carboxylic acids is 1. The predicted octanol–water partition coefficient (Wildman–Crippen LogP) is 3.48. The lowest BCUT2D eigenvalue weighted by Gasteiger charge is -2.12. The number of aromatic nitrogens is 2. The first-order valence-electron chi connectivity index (χ1n) is 8.03. The molecule has 3 rings (SSSR count). The molecule has 0 aliphatic rings. The first-order chi connectivity index (χ1) is 11.6. The maximum atomic E-state index is 12.5. The van der Waals surface area contributed by atoms with Crippen molar-refractivity contribution in [3.8, 4) is 0 Å². The van der Waals surface area contributed by atoms with Gasteiger partial charge in [0.2, 0.25) is 0 Å². The first kappa shape index (κ1) is 16.0. The molecule has 122 valence electrons. The lowest BCUT2D eigenvalue weighted by atomic mass is 10.0. The second-order valence-electron chi connectivity index (χ2n) is 5.97. The van der Waals surface area contributed by atoms with E-state index in [9.17, 15) is 4.79 Å². The van der Waals surface area contributed by atoms with E-state index in [1.807, 2.05) is 67.2 Å². The van der Waals surface area contributed by atoms with Crippen LogP contribution in [0.1, 0.15) is 32.6 Å². The molecular formula is C20H21N3O. The molecule has 0 atom stereocenters. The Morgan fingerprint density at radius 3 is 2.62 bits per heavy atom. The highest BCUT2D eigenvalue weighted by Gasteiger charge is 2.10. The average Bonchev–Trinajstić information content (AvgIpc) is 3.09. The van der Waals surface area contributed by atoms with Gasteiger partial charge in [-0.15, -0.1) is 0 Å². The molecule has 2 aromatic carbocycles. The summed E-state index contributed by atoms with van der Waals surface area (Å²) in [7, 11) is 0. The van der Waals surface area contributed by atoms with Gasteiger partial charge < -0.3 is 5.32 Å². The van der Waals surface area contributed by atoms with Gasteiger partial charge >= 0.3 is 0 Å². The van der Waals surface area contributed by atoms with Crippen LogP contribution in [0.3, 0.4) is 0 Å². The molecule has 0 saturated heterocycles. The van der Waals surface area contributed by atoms with Gasteiger partial charge in [0.15, 0.2) is 0 Å². The molecule has 24 heavy (non-hydrogen) atoms. The van der Waals surface area contributed by atoms with E-state index in [4.69, 9.17) is 0 Å². The van der Waals surface area contributed by atoms with Crippen molar-refractivity contribution in [3.63, 3.8) is 0 Å². The fourth-order valence-electron chi connectivity index (χ4n) is 2.70. The van der Waals surface area contributed by atoms with Gasteiger partial charge in [-0.2, -0.15) is 5.10 Å². The molecule has 0 radical (unpaired) electrons. The Bertz CT molecular complexity index is 838. The molecule has 0 unspecified atom stereocenters. The highest BCUT2D eigenvalue weighted by molar-refractivity contribution is 5.95. The van der Waals surface area contributed by atoms with Crippen molar-refractivity contribution in [1.29, 1.82) is 0 Å². The number of benzene rings is 2. The van der Waals surface area contributed by atoms with E-state index in [0.29, 0.717) is 13.1 Å². The Labute approximate surface area is 142 Å². The third kappa shape index (κ3) is 3.71. The summed E-state index contributed by atoms with van der Waals surface area (Å²) in [6.07, 6.45) is 3.70. The van der Waals surface area contributed by atoms with Gasteiger partial charge in [-0.3, -0.25) is 9.48 Å². The van der Waals surface area contributed by atoms with Gasteiger partial charge in [-0.1, -0.05) is 42.0 Å². The number of nitrogens with zero attached hydrogens (tertiary/aromatic N) is 2. The Kier molecular flexibility index (Phi) is 4.75. The normalized spacial score (nSPS) is 10.6. The molecule has 0 aliphatic heterocycles. The van der Waals surface area contributed by atoms with Crippen LogP contribution in [0.2, 0.25) is 0 Å². The van der Waals surface area contributed by atoms with Crippen LogP contribution in [0.4, 0.5) is 0 Å². The van der Waals surface area contributed by atoms with Crippen LogP contribution in [0, 0.1) is 13.8 Å². The number of hydrogen-bond acceptors (Lipinski definition) is 2. The van der Waals surface area contributed by atoms with Crippen LogP contribution in [0.25, 0.3) is 0 Å². The molecule has 1 aromatic heterocycles. The van der Waals surface area contributed by atoms with Gasteiger partial charge in [0, 0.05) is 24.5 Å². The van der Waals surface area contributed by atoms with E-state index < -0.39 is 0 Å². The smallest absolute Gasteiger partial charge is 0.251 e. The van der Waals surface area contributed by atoms with Crippen molar-refractivity contribution < 1.29 is 4.79 Å². The van der Waals surface area contributed by atoms with Gasteiger partial charge in [-0.05, 0) is 42.7 Å². The second kappa shape index (κ2) is 7.13. The summed E-state index contributed by atoms with van der Waals surface area (Å²) < 4.78 is 1.88. The van der Waals surface area contributed by atoms with E-state index >= 15 is 0 Å². The highest BCUT2D eigenvalue weighted by Crippen LogP contribution is 2.13. The van der Waals surface area contributed by atoms with Crippen LogP contribution in [0.5, 0.6) is 0 Å². The zero-order valence-electron chi connectivity index (χ0n) is 14.0. The van der Waals surface area contributed by atoms with Crippen LogP contribution in [0.15, 0.2) is 60.9 Å². The van der Waals surface area contributed by atoms with E-state index in [-0.39, 0.29) is 5.91 Å². The maximum Gasteiger partial charge on any atom is 0.251 e. The summed E-state index contributed by atoms with van der Waals surface area (Å²) in [6, 6.07) is 16.0. The number of rotatable bonds is 5. The molecule has 3 aromatic rings. The summed E-state index contributed by atoms with van der Waals surface area (Å²) >= 11 is 0. The Morgan fingerprint density at radius 1 is 1.08 bits per heavy atom. The molecule has 4 nitrogen and oxygen atoms in total. The molecule has 0 saturated carbocycles. The van der Waals surface area contributed by atoms with Crippen molar-refractivity contribution in [2.45, 2.75) is 26.9 Å². The fourth-order valence-corrected chi connectivity index (χ4v) is 2.70. The number of hydrogen-bond donors (Lipinski definition) is 1. The Balaban J connectivity index is 1.72. The van der Waals surface area contributed by atoms with Crippen molar-refractivity contribution >= 4 is 5.91 Å². The SMILES string of the molecule is Cc1ccc(C)c(C(=O)NCc2ccccc2Cn2cccn2)c1. The maximum absolute atomic E-state index is 12.5. The largest absolute Gasteiger partial charge is 0.348 e. The summed E-state index contributed by atoms with van der Waals surface area (Å²) in [5, 5.41) is 7.28. The molecule has 0 spiro atoms. The monoisotopic (exact) mass is 319 g/mol. The van der Waals surface area contributed by atoms with E-state index in [0.717, 1.165) is 27.8 Å². The van der Waals surface area contributed by atoms with Gasteiger partial charge in [-0.25, -0.2) is 0 Å². The minimum absolute atomic E-state index is 0.0370. The summed E-state index contributed by atoms with van der Waals surface area (Å²) in [4.78, 5) is 12.5. The van der Waals surface area contributed by atoms with Gasteiger partial charge in [0.1, 0.15) is 0 Å². The molecule has 4 heteroatoms. The molecule has 1 amide bonds. The van der Waals surface area contributed by atoms with Crippen LogP contribution >= 0.6 is 0 Å². The van der Waals surface area contributed by atoms with E-state index in [1.165, 1.54) is 0 Å². The van der Waals surface area contributed by atoms with Gasteiger partial charge in [0.25, 0.3) is 5.91 Å². The standard InChI is InChI=1S/C20H21N3O/c1-15-8-9-16(2)19(12-15)20(24)21-13-17-6-3-4-7-18(17)14-23-11-5-10-22-23/h3-12H,13-14H2,1-2H3,(H,21,24). The minimum atomic E-state index is -0.0370. The van der Waals surface area contributed by atoms with Crippen LogP contribution in [-0.2, 0) is 13.1 Å². The fraction of sp³-hybridized carbons (Fsp3) is 0.200. The molecule has 0 bridgehead atoms. The van der Waals surface area contributed by atoms with E-state index in [1.54, 1.807) is 6.20 Å². The predicted molar refractivity (Wildman–Crippen MR) is 94.9 cm³/mol. The van der Waals surface area contributed by atoms with E-state index in [2.05, 4.69) is 16.5 Å². The number of carbonyl (C=O) groups is 1. The zero-order chi connectivity index (χ0) is 16.9. The number of amides is 1. The number of nitrogens with one attached hydrogen (secondary N) is 1.